The van der Waals surface area contributed by atoms with Gasteiger partial charge in [-0.3, -0.25) is 9.67 Å². The number of pyridine rings is 1. The molecule has 4 rings (SSSR count). The van der Waals surface area contributed by atoms with Crippen LogP contribution in [0.2, 0.25) is 0 Å². The molecule has 0 radical (unpaired) electrons. The Morgan fingerprint density at radius 3 is 2.62 bits per heavy atom. The Labute approximate surface area is 146 Å². The molecule has 0 saturated carbocycles. The maximum Gasteiger partial charge on any atom is 0.416 e. The third-order valence-corrected chi connectivity index (χ3v) is 3.97. The Balaban J connectivity index is 1.75. The van der Waals surface area contributed by atoms with E-state index in [0.29, 0.717) is 23.2 Å². The zero-order valence-electron chi connectivity index (χ0n) is 13.4. The summed E-state index contributed by atoms with van der Waals surface area (Å²) in [5, 5.41) is 4.30. The Morgan fingerprint density at radius 1 is 0.962 bits per heavy atom. The third-order valence-electron chi connectivity index (χ3n) is 3.97. The first-order valence-electron chi connectivity index (χ1n) is 7.75. The van der Waals surface area contributed by atoms with E-state index in [1.54, 1.807) is 41.5 Å². The molecule has 0 fully saturated rings. The minimum absolute atomic E-state index is 0.416. The molecule has 0 aliphatic heterocycles. The monoisotopic (exact) mass is 355 g/mol. The highest BCUT2D eigenvalue weighted by molar-refractivity contribution is 5.80. The van der Waals surface area contributed by atoms with Gasteiger partial charge in [-0.15, -0.1) is 0 Å². The lowest BCUT2D eigenvalue weighted by Gasteiger charge is -2.09. The second kappa shape index (κ2) is 6.21. The summed E-state index contributed by atoms with van der Waals surface area (Å²) in [5.74, 6) is 0. The van der Waals surface area contributed by atoms with Gasteiger partial charge in [0.2, 0.25) is 0 Å². The number of nitrogens with zero attached hydrogens (tertiary/aromatic N) is 5. The van der Waals surface area contributed by atoms with E-state index in [4.69, 9.17) is 0 Å². The van der Waals surface area contributed by atoms with E-state index in [2.05, 4.69) is 20.1 Å². The van der Waals surface area contributed by atoms with Gasteiger partial charge in [-0.2, -0.15) is 18.3 Å². The predicted molar refractivity (Wildman–Crippen MR) is 89.1 cm³/mol. The van der Waals surface area contributed by atoms with Crippen LogP contribution in [0, 0.1) is 0 Å². The van der Waals surface area contributed by atoms with Crippen LogP contribution in [0.3, 0.4) is 0 Å². The van der Waals surface area contributed by atoms with Gasteiger partial charge in [0.1, 0.15) is 11.8 Å². The van der Waals surface area contributed by atoms with Crippen LogP contribution in [0.1, 0.15) is 11.3 Å². The molecule has 8 heteroatoms. The second-order valence-corrected chi connectivity index (χ2v) is 5.71. The Bertz CT molecular complexity index is 1060. The molecule has 3 aromatic heterocycles. The molecule has 26 heavy (non-hydrogen) atoms. The molecule has 0 aliphatic carbocycles. The number of hydrogen-bond acceptors (Lipinski definition) is 4. The van der Waals surface area contributed by atoms with Gasteiger partial charge < -0.3 is 0 Å². The van der Waals surface area contributed by atoms with Crippen molar-refractivity contribution in [1.29, 1.82) is 0 Å². The quantitative estimate of drug-likeness (QED) is 0.558. The average molecular weight is 355 g/mol. The van der Waals surface area contributed by atoms with Crippen molar-refractivity contribution in [2.24, 2.45) is 0 Å². The van der Waals surface area contributed by atoms with Gasteiger partial charge in [0, 0.05) is 18.0 Å². The number of halogens is 3. The number of benzene rings is 1. The molecule has 0 atom stereocenters. The summed E-state index contributed by atoms with van der Waals surface area (Å²) in [6.07, 6.45) is 1.87. The molecular formula is C18H12F3N5. The molecule has 130 valence electrons. The van der Waals surface area contributed by atoms with Gasteiger partial charge in [-0.25, -0.2) is 9.97 Å². The lowest BCUT2D eigenvalue weighted by Crippen LogP contribution is -2.05. The number of fused-ring (bicyclic) bond motifs is 1. The average Bonchev–Trinajstić information content (AvgIpc) is 3.04. The molecule has 0 bridgehead atoms. The summed E-state index contributed by atoms with van der Waals surface area (Å²) < 4.78 is 40.6. The third kappa shape index (κ3) is 3.13. The van der Waals surface area contributed by atoms with Crippen molar-refractivity contribution < 1.29 is 13.2 Å². The van der Waals surface area contributed by atoms with Crippen LogP contribution in [0.25, 0.3) is 22.2 Å². The van der Waals surface area contributed by atoms with Crippen LogP contribution < -0.4 is 0 Å². The fourth-order valence-corrected chi connectivity index (χ4v) is 2.68. The van der Waals surface area contributed by atoms with Gasteiger partial charge in [-0.05, 0) is 29.8 Å². The summed E-state index contributed by atoms with van der Waals surface area (Å²) in [5.41, 5.74) is 2.50. The molecule has 0 amide bonds. The molecular weight excluding hydrogens is 343 g/mol. The van der Waals surface area contributed by atoms with Crippen LogP contribution in [0.15, 0.2) is 61.3 Å². The first-order valence-corrected chi connectivity index (χ1v) is 7.75. The van der Waals surface area contributed by atoms with E-state index >= 15 is 0 Å². The fraction of sp³-hybridized carbons (Fsp3) is 0.111. The number of rotatable bonds is 3. The van der Waals surface area contributed by atoms with Gasteiger partial charge in [0.05, 0.1) is 29.5 Å². The standard InChI is InChI=1S/C18H12F3N5/c19-18(20,21)14-3-1-2-12(6-14)13-7-17-16(23-8-13)9-25-26(17)10-15-4-5-22-11-24-15/h1-9,11H,10H2. The van der Waals surface area contributed by atoms with E-state index in [1.807, 2.05) is 0 Å². The molecule has 5 nitrogen and oxygen atoms in total. The largest absolute Gasteiger partial charge is 0.416 e. The zero-order valence-corrected chi connectivity index (χ0v) is 13.4. The highest BCUT2D eigenvalue weighted by atomic mass is 19.4. The van der Waals surface area contributed by atoms with Crippen molar-refractivity contribution in [2.45, 2.75) is 12.7 Å². The lowest BCUT2D eigenvalue weighted by atomic mass is 10.0. The topological polar surface area (TPSA) is 56.5 Å². The predicted octanol–water partition coefficient (Wildman–Crippen LogP) is 3.96. The van der Waals surface area contributed by atoms with Gasteiger partial charge in [0.15, 0.2) is 0 Å². The molecule has 4 aromatic rings. The van der Waals surface area contributed by atoms with Crippen molar-refractivity contribution in [1.82, 2.24) is 24.7 Å². The van der Waals surface area contributed by atoms with Gasteiger partial charge in [-0.1, -0.05) is 12.1 Å². The van der Waals surface area contributed by atoms with Crippen molar-refractivity contribution in [3.05, 3.63) is 72.6 Å². The SMILES string of the molecule is FC(F)(F)c1cccc(-c2cnc3cnn(Cc4ccncn4)c3c2)c1. The first-order chi connectivity index (χ1) is 12.5. The maximum absolute atomic E-state index is 13.0. The molecule has 0 aliphatic rings. The van der Waals surface area contributed by atoms with Gasteiger partial charge >= 0.3 is 6.18 Å². The maximum atomic E-state index is 13.0. The summed E-state index contributed by atoms with van der Waals surface area (Å²) in [7, 11) is 0. The van der Waals surface area contributed by atoms with Crippen molar-refractivity contribution >= 4 is 11.0 Å². The Morgan fingerprint density at radius 2 is 1.85 bits per heavy atom. The zero-order chi connectivity index (χ0) is 18.1. The molecule has 0 spiro atoms. The summed E-state index contributed by atoms with van der Waals surface area (Å²) >= 11 is 0. The van der Waals surface area contributed by atoms with Crippen LogP contribution in [0.4, 0.5) is 13.2 Å². The molecule has 1 aromatic carbocycles. The summed E-state index contributed by atoms with van der Waals surface area (Å²) in [6, 6.07) is 8.75. The minimum atomic E-state index is -4.39. The van der Waals surface area contributed by atoms with E-state index in [-0.39, 0.29) is 0 Å². The lowest BCUT2D eigenvalue weighted by molar-refractivity contribution is -0.137. The van der Waals surface area contributed by atoms with Crippen molar-refractivity contribution in [3.8, 4) is 11.1 Å². The fourth-order valence-electron chi connectivity index (χ4n) is 2.68. The van der Waals surface area contributed by atoms with Crippen LogP contribution in [-0.4, -0.2) is 24.7 Å². The molecule has 3 heterocycles. The van der Waals surface area contributed by atoms with E-state index in [9.17, 15) is 13.2 Å². The van der Waals surface area contributed by atoms with Crippen LogP contribution >= 0.6 is 0 Å². The van der Waals surface area contributed by atoms with Crippen LogP contribution in [-0.2, 0) is 12.7 Å². The van der Waals surface area contributed by atoms with Crippen molar-refractivity contribution in [3.63, 3.8) is 0 Å². The normalized spacial score (nSPS) is 11.8. The van der Waals surface area contributed by atoms with Crippen molar-refractivity contribution in [2.75, 3.05) is 0 Å². The highest BCUT2D eigenvalue weighted by Gasteiger charge is 2.30. The van der Waals surface area contributed by atoms with E-state index < -0.39 is 11.7 Å². The summed E-state index contributed by atoms with van der Waals surface area (Å²) in [6.45, 7) is 0.416. The highest BCUT2D eigenvalue weighted by Crippen LogP contribution is 2.32. The smallest absolute Gasteiger partial charge is 0.257 e. The molecule has 0 N–H and O–H groups in total. The minimum Gasteiger partial charge on any atom is -0.257 e. The molecule has 0 unspecified atom stereocenters. The van der Waals surface area contributed by atoms with E-state index in [0.717, 1.165) is 23.3 Å². The second-order valence-electron chi connectivity index (χ2n) is 5.71. The van der Waals surface area contributed by atoms with Crippen LogP contribution in [0.5, 0.6) is 0 Å². The number of alkyl halides is 3. The molecule has 0 saturated heterocycles. The van der Waals surface area contributed by atoms with E-state index in [1.165, 1.54) is 12.4 Å². The Hall–Kier alpha value is -3.29. The number of aromatic nitrogens is 5. The summed E-state index contributed by atoms with van der Waals surface area (Å²) in [4.78, 5) is 12.4. The number of hydrogen-bond donors (Lipinski definition) is 0. The Kier molecular flexibility index (Phi) is 3.87. The van der Waals surface area contributed by atoms with Gasteiger partial charge in [0.25, 0.3) is 0 Å². The first kappa shape index (κ1) is 16.2.